The average Bonchev–Trinajstić information content (AvgIpc) is 3.30. The molecular formula is C20H18ClN3O3S. The zero-order valence-corrected chi connectivity index (χ0v) is 16.7. The van der Waals surface area contributed by atoms with Crippen LogP contribution in [0.4, 0.5) is 0 Å². The van der Waals surface area contributed by atoms with Crippen molar-refractivity contribution < 1.29 is 14.3 Å². The predicted octanol–water partition coefficient (Wildman–Crippen LogP) is 4.39. The molecule has 1 atom stereocenters. The first-order valence-corrected chi connectivity index (χ1v) is 10.2. The maximum absolute atomic E-state index is 11.9. The Kier molecular flexibility index (Phi) is 5.54. The molecule has 0 radical (unpaired) electrons. The Balaban J connectivity index is 1.79. The van der Waals surface area contributed by atoms with E-state index in [1.54, 1.807) is 0 Å². The number of nitrogens with zero attached hydrogens (tertiary/aromatic N) is 3. The molecule has 0 aliphatic carbocycles. The SMILES string of the molecule is CCOc1ccc(-n2c(S[C@H]3CCOC3=O)nnc2-c2ccccc2Cl)cc1. The third-order valence-corrected chi connectivity index (χ3v) is 5.81. The summed E-state index contributed by atoms with van der Waals surface area (Å²) in [5, 5.41) is 9.63. The van der Waals surface area contributed by atoms with Crippen LogP contribution in [-0.4, -0.2) is 39.2 Å². The van der Waals surface area contributed by atoms with Gasteiger partial charge in [-0.05, 0) is 43.3 Å². The van der Waals surface area contributed by atoms with E-state index in [4.69, 9.17) is 21.1 Å². The summed E-state index contributed by atoms with van der Waals surface area (Å²) in [6.07, 6.45) is 0.654. The Hall–Kier alpha value is -2.51. The second-order valence-electron chi connectivity index (χ2n) is 6.11. The third kappa shape index (κ3) is 3.72. The minimum atomic E-state index is -0.287. The van der Waals surface area contributed by atoms with Crippen molar-refractivity contribution in [1.29, 1.82) is 0 Å². The lowest BCUT2D eigenvalue weighted by atomic mass is 10.2. The zero-order chi connectivity index (χ0) is 19.5. The molecule has 0 N–H and O–H groups in total. The van der Waals surface area contributed by atoms with Crippen molar-refractivity contribution in [3.63, 3.8) is 0 Å². The number of halogens is 1. The highest BCUT2D eigenvalue weighted by Gasteiger charge is 2.30. The Morgan fingerprint density at radius 3 is 2.68 bits per heavy atom. The van der Waals surface area contributed by atoms with Crippen molar-refractivity contribution in [2.75, 3.05) is 13.2 Å². The molecule has 1 aliphatic heterocycles. The molecule has 0 amide bonds. The Bertz CT molecular complexity index is 991. The van der Waals surface area contributed by atoms with Gasteiger partial charge in [-0.15, -0.1) is 10.2 Å². The largest absolute Gasteiger partial charge is 0.494 e. The van der Waals surface area contributed by atoms with Gasteiger partial charge in [-0.1, -0.05) is 35.5 Å². The van der Waals surface area contributed by atoms with E-state index in [2.05, 4.69) is 10.2 Å². The van der Waals surface area contributed by atoms with Gasteiger partial charge in [-0.3, -0.25) is 9.36 Å². The summed E-state index contributed by atoms with van der Waals surface area (Å²) in [4.78, 5) is 11.9. The predicted molar refractivity (Wildman–Crippen MR) is 108 cm³/mol. The van der Waals surface area contributed by atoms with E-state index in [9.17, 15) is 4.79 Å². The van der Waals surface area contributed by atoms with Crippen molar-refractivity contribution in [3.8, 4) is 22.8 Å². The fourth-order valence-electron chi connectivity index (χ4n) is 2.97. The van der Waals surface area contributed by atoms with Gasteiger partial charge in [0.05, 0.1) is 18.2 Å². The molecule has 4 rings (SSSR count). The van der Waals surface area contributed by atoms with Crippen LogP contribution in [0.25, 0.3) is 17.1 Å². The molecule has 28 heavy (non-hydrogen) atoms. The Labute approximate surface area is 171 Å². The van der Waals surface area contributed by atoms with Gasteiger partial charge in [0.15, 0.2) is 11.0 Å². The fourth-order valence-corrected chi connectivity index (χ4v) is 4.20. The number of hydrogen-bond donors (Lipinski definition) is 0. The van der Waals surface area contributed by atoms with Crippen LogP contribution in [0, 0.1) is 0 Å². The van der Waals surface area contributed by atoms with Gasteiger partial charge in [-0.25, -0.2) is 0 Å². The van der Waals surface area contributed by atoms with Crippen LogP contribution in [0.5, 0.6) is 5.75 Å². The summed E-state index contributed by atoms with van der Waals surface area (Å²) < 4.78 is 12.5. The molecule has 1 aromatic heterocycles. The van der Waals surface area contributed by atoms with Crippen molar-refractivity contribution in [3.05, 3.63) is 53.6 Å². The minimum Gasteiger partial charge on any atom is -0.494 e. The molecule has 0 spiro atoms. The summed E-state index contributed by atoms with van der Waals surface area (Å²) in [5.74, 6) is 1.18. The van der Waals surface area contributed by atoms with Crippen LogP contribution in [-0.2, 0) is 9.53 Å². The topological polar surface area (TPSA) is 66.2 Å². The van der Waals surface area contributed by atoms with Crippen LogP contribution in [0.1, 0.15) is 13.3 Å². The molecule has 0 saturated carbocycles. The number of cyclic esters (lactones) is 1. The molecule has 144 valence electrons. The second kappa shape index (κ2) is 8.24. The van der Waals surface area contributed by atoms with Gasteiger partial charge < -0.3 is 9.47 Å². The normalized spacial score (nSPS) is 16.2. The average molecular weight is 416 g/mol. The summed E-state index contributed by atoms with van der Waals surface area (Å²) in [6.45, 7) is 2.98. The first-order valence-electron chi connectivity index (χ1n) is 8.94. The zero-order valence-electron chi connectivity index (χ0n) is 15.2. The fraction of sp³-hybridized carbons (Fsp3) is 0.250. The molecule has 1 saturated heterocycles. The quantitative estimate of drug-likeness (QED) is 0.556. The number of carbonyl (C=O) groups is 1. The highest BCUT2D eigenvalue weighted by molar-refractivity contribution is 8.00. The van der Waals surface area contributed by atoms with E-state index in [-0.39, 0.29) is 11.2 Å². The molecule has 0 bridgehead atoms. The smallest absolute Gasteiger partial charge is 0.319 e. The lowest BCUT2D eigenvalue weighted by Gasteiger charge is -2.13. The minimum absolute atomic E-state index is 0.217. The van der Waals surface area contributed by atoms with E-state index in [1.165, 1.54) is 11.8 Å². The van der Waals surface area contributed by atoms with Crippen LogP contribution >= 0.6 is 23.4 Å². The number of esters is 1. The number of thioether (sulfide) groups is 1. The summed E-state index contributed by atoms with van der Waals surface area (Å²) >= 11 is 7.76. The lowest BCUT2D eigenvalue weighted by Crippen LogP contribution is -2.11. The van der Waals surface area contributed by atoms with E-state index in [0.717, 1.165) is 17.0 Å². The molecule has 3 aromatic rings. The van der Waals surface area contributed by atoms with E-state index >= 15 is 0 Å². The molecular weight excluding hydrogens is 398 g/mol. The molecule has 6 nitrogen and oxygen atoms in total. The molecule has 2 aromatic carbocycles. The Morgan fingerprint density at radius 1 is 1.21 bits per heavy atom. The van der Waals surface area contributed by atoms with Crippen LogP contribution in [0.2, 0.25) is 5.02 Å². The van der Waals surface area contributed by atoms with Gasteiger partial charge in [0.25, 0.3) is 0 Å². The highest BCUT2D eigenvalue weighted by atomic mass is 35.5. The number of carbonyl (C=O) groups excluding carboxylic acids is 1. The number of ether oxygens (including phenoxy) is 2. The van der Waals surface area contributed by atoms with Crippen molar-refractivity contribution in [1.82, 2.24) is 14.8 Å². The molecule has 1 aliphatic rings. The number of aromatic nitrogens is 3. The molecule has 2 heterocycles. The van der Waals surface area contributed by atoms with Crippen LogP contribution < -0.4 is 4.74 Å². The highest BCUT2D eigenvalue weighted by Crippen LogP contribution is 2.35. The number of rotatable bonds is 6. The number of hydrogen-bond acceptors (Lipinski definition) is 6. The number of benzene rings is 2. The van der Waals surface area contributed by atoms with Crippen molar-refractivity contribution >= 4 is 29.3 Å². The summed E-state index contributed by atoms with van der Waals surface area (Å²) in [7, 11) is 0. The molecule has 1 fully saturated rings. The van der Waals surface area contributed by atoms with Crippen molar-refractivity contribution in [2.45, 2.75) is 23.8 Å². The standard InChI is InChI=1S/C20H18ClN3O3S/c1-2-26-14-9-7-13(8-10-14)24-18(15-5-3-4-6-16(15)21)22-23-20(24)28-17-11-12-27-19(17)25/h3-10,17H,2,11-12H2,1H3/t17-/m0/s1. The van der Waals surface area contributed by atoms with Crippen LogP contribution in [0.3, 0.4) is 0 Å². The van der Waals surface area contributed by atoms with E-state index < -0.39 is 0 Å². The Morgan fingerprint density at radius 2 is 2.00 bits per heavy atom. The van der Waals surface area contributed by atoms with Gasteiger partial charge >= 0.3 is 5.97 Å². The second-order valence-corrected chi connectivity index (χ2v) is 7.69. The summed E-state index contributed by atoms with van der Waals surface area (Å²) in [5.41, 5.74) is 1.63. The molecule has 0 unspecified atom stereocenters. The van der Waals surface area contributed by atoms with Crippen molar-refractivity contribution in [2.24, 2.45) is 0 Å². The van der Waals surface area contributed by atoms with E-state index in [0.29, 0.717) is 35.6 Å². The lowest BCUT2D eigenvalue weighted by molar-refractivity contribution is -0.137. The first kappa shape index (κ1) is 18.8. The monoisotopic (exact) mass is 415 g/mol. The van der Waals surface area contributed by atoms with Gasteiger partial charge in [0.1, 0.15) is 11.0 Å². The maximum Gasteiger partial charge on any atom is 0.319 e. The van der Waals surface area contributed by atoms with Crippen LogP contribution in [0.15, 0.2) is 53.7 Å². The maximum atomic E-state index is 11.9. The third-order valence-electron chi connectivity index (χ3n) is 4.29. The van der Waals surface area contributed by atoms with Gasteiger partial charge in [-0.2, -0.15) is 0 Å². The van der Waals surface area contributed by atoms with E-state index in [1.807, 2.05) is 60.0 Å². The summed E-state index contributed by atoms with van der Waals surface area (Å²) in [6, 6.07) is 15.1. The van der Waals surface area contributed by atoms with Gasteiger partial charge in [0.2, 0.25) is 0 Å². The van der Waals surface area contributed by atoms with Gasteiger partial charge in [0, 0.05) is 17.7 Å². The first-order chi connectivity index (χ1) is 13.7. The molecule has 8 heteroatoms.